The molecule has 126 valence electrons. The summed E-state index contributed by atoms with van der Waals surface area (Å²) in [6.07, 6.45) is 3.99. The third kappa shape index (κ3) is 5.45. The van der Waals surface area contributed by atoms with Gasteiger partial charge in [0.2, 0.25) is 0 Å². The molecule has 0 atom stereocenters. The molecule has 0 aliphatic rings. The summed E-state index contributed by atoms with van der Waals surface area (Å²) in [7, 11) is 0. The SMILES string of the molecule is CC(C)CN=Cc1ccccc1-c1ccccc1C=NCC(C)C. The molecule has 2 aromatic rings. The molecule has 0 amide bonds. The molecule has 0 unspecified atom stereocenters. The largest absolute Gasteiger partial charge is 0.292 e. The van der Waals surface area contributed by atoms with E-state index in [1.54, 1.807) is 0 Å². The summed E-state index contributed by atoms with van der Waals surface area (Å²) in [4.78, 5) is 9.17. The highest BCUT2D eigenvalue weighted by molar-refractivity contribution is 5.96. The number of nitrogens with zero attached hydrogens (tertiary/aromatic N) is 2. The highest BCUT2D eigenvalue weighted by atomic mass is 14.7. The van der Waals surface area contributed by atoms with Crippen LogP contribution in [0.4, 0.5) is 0 Å². The molecule has 2 aromatic carbocycles. The second kappa shape index (κ2) is 9.17. The Kier molecular flexibility index (Phi) is 6.92. The van der Waals surface area contributed by atoms with Gasteiger partial charge in [-0.15, -0.1) is 0 Å². The summed E-state index contributed by atoms with van der Waals surface area (Å²) in [6.45, 7) is 10.4. The van der Waals surface area contributed by atoms with E-state index in [1.165, 1.54) is 11.1 Å². The molecule has 0 saturated carbocycles. The van der Waals surface area contributed by atoms with Crippen molar-refractivity contribution in [2.24, 2.45) is 21.8 Å². The van der Waals surface area contributed by atoms with Gasteiger partial charge >= 0.3 is 0 Å². The molecule has 2 nitrogen and oxygen atoms in total. The van der Waals surface area contributed by atoms with Crippen molar-refractivity contribution in [3.8, 4) is 11.1 Å². The van der Waals surface area contributed by atoms with E-state index in [4.69, 9.17) is 0 Å². The number of hydrogen-bond donors (Lipinski definition) is 0. The van der Waals surface area contributed by atoms with E-state index < -0.39 is 0 Å². The fourth-order valence-electron chi connectivity index (χ4n) is 2.43. The normalized spacial score (nSPS) is 12.1. The van der Waals surface area contributed by atoms with Gasteiger partial charge in [-0.1, -0.05) is 76.2 Å². The van der Waals surface area contributed by atoms with Crippen LogP contribution in [0.5, 0.6) is 0 Å². The van der Waals surface area contributed by atoms with E-state index in [0.717, 1.165) is 24.2 Å². The van der Waals surface area contributed by atoms with Gasteiger partial charge < -0.3 is 0 Å². The predicted octanol–water partition coefficient (Wildman–Crippen LogP) is 5.50. The van der Waals surface area contributed by atoms with E-state index in [9.17, 15) is 0 Å². The van der Waals surface area contributed by atoms with Crippen molar-refractivity contribution in [3.05, 3.63) is 59.7 Å². The Bertz CT molecular complexity index is 635. The molecule has 0 fully saturated rings. The average molecular weight is 320 g/mol. The van der Waals surface area contributed by atoms with E-state index >= 15 is 0 Å². The maximum atomic E-state index is 4.58. The number of aliphatic imine (C=N–C) groups is 2. The summed E-state index contributed by atoms with van der Waals surface area (Å²) < 4.78 is 0. The Morgan fingerprint density at radius 2 is 1.04 bits per heavy atom. The molecule has 0 aromatic heterocycles. The van der Waals surface area contributed by atoms with E-state index in [0.29, 0.717) is 11.8 Å². The fraction of sp³-hybridized carbons (Fsp3) is 0.364. The molecule has 0 N–H and O–H groups in total. The summed E-state index contributed by atoms with van der Waals surface area (Å²) in [6, 6.07) is 16.9. The third-order valence-corrected chi connectivity index (χ3v) is 3.61. The summed E-state index contributed by atoms with van der Waals surface area (Å²) in [5.41, 5.74) is 4.72. The van der Waals surface area contributed by atoms with Gasteiger partial charge in [-0.3, -0.25) is 9.98 Å². The van der Waals surface area contributed by atoms with Crippen LogP contribution < -0.4 is 0 Å². The maximum absolute atomic E-state index is 4.58. The molecule has 0 aliphatic carbocycles. The molecule has 0 aliphatic heterocycles. The van der Waals surface area contributed by atoms with Crippen molar-refractivity contribution in [2.45, 2.75) is 27.7 Å². The van der Waals surface area contributed by atoms with Crippen LogP contribution in [-0.2, 0) is 0 Å². The molecule has 0 radical (unpaired) electrons. The second-order valence-electron chi connectivity index (χ2n) is 6.95. The maximum Gasteiger partial charge on any atom is 0.0412 e. The van der Waals surface area contributed by atoms with E-state index in [2.05, 4.69) is 86.2 Å². The van der Waals surface area contributed by atoms with Crippen LogP contribution in [0.15, 0.2) is 58.5 Å². The standard InChI is InChI=1S/C22H28N2/c1-17(2)13-23-15-19-9-5-7-11-21(19)22-12-8-6-10-20(22)16-24-14-18(3)4/h5-12,15-18H,13-14H2,1-4H3. The van der Waals surface area contributed by atoms with Gasteiger partial charge in [-0.05, 0) is 23.0 Å². The van der Waals surface area contributed by atoms with Crippen molar-refractivity contribution in [3.63, 3.8) is 0 Å². The van der Waals surface area contributed by atoms with Crippen LogP contribution in [0.3, 0.4) is 0 Å². The molecule has 0 spiro atoms. The zero-order chi connectivity index (χ0) is 17.4. The Morgan fingerprint density at radius 3 is 1.42 bits per heavy atom. The van der Waals surface area contributed by atoms with E-state index in [-0.39, 0.29) is 0 Å². The quantitative estimate of drug-likeness (QED) is 0.602. The smallest absolute Gasteiger partial charge is 0.0412 e. The van der Waals surface area contributed by atoms with Gasteiger partial charge in [0.05, 0.1) is 0 Å². The Balaban J connectivity index is 2.35. The van der Waals surface area contributed by atoms with Crippen molar-refractivity contribution in [2.75, 3.05) is 13.1 Å². The minimum atomic E-state index is 0.573. The zero-order valence-corrected chi connectivity index (χ0v) is 15.2. The lowest BCUT2D eigenvalue weighted by atomic mass is 9.96. The lowest BCUT2D eigenvalue weighted by Gasteiger charge is -2.10. The first-order valence-electron chi connectivity index (χ1n) is 8.76. The molecule has 2 heteroatoms. The first kappa shape index (κ1) is 18.1. The summed E-state index contributed by atoms with van der Waals surface area (Å²) >= 11 is 0. The molecule has 2 rings (SSSR count). The molecular formula is C22H28N2. The summed E-state index contributed by atoms with van der Waals surface area (Å²) in [5, 5.41) is 0. The van der Waals surface area contributed by atoms with Gasteiger partial charge in [-0.2, -0.15) is 0 Å². The van der Waals surface area contributed by atoms with Crippen LogP contribution in [-0.4, -0.2) is 25.5 Å². The Morgan fingerprint density at radius 1 is 0.667 bits per heavy atom. The minimum Gasteiger partial charge on any atom is -0.292 e. The van der Waals surface area contributed by atoms with Crippen LogP contribution >= 0.6 is 0 Å². The van der Waals surface area contributed by atoms with Crippen LogP contribution in [0.1, 0.15) is 38.8 Å². The van der Waals surface area contributed by atoms with Gasteiger partial charge in [0, 0.05) is 36.6 Å². The number of hydrogen-bond acceptors (Lipinski definition) is 2. The third-order valence-electron chi connectivity index (χ3n) is 3.61. The highest BCUT2D eigenvalue weighted by Crippen LogP contribution is 2.25. The monoisotopic (exact) mass is 320 g/mol. The lowest BCUT2D eigenvalue weighted by molar-refractivity contribution is 0.667. The molecule has 0 heterocycles. The first-order chi connectivity index (χ1) is 11.6. The van der Waals surface area contributed by atoms with Crippen LogP contribution in [0, 0.1) is 11.8 Å². The fourth-order valence-corrected chi connectivity index (χ4v) is 2.43. The van der Waals surface area contributed by atoms with Crippen molar-refractivity contribution >= 4 is 12.4 Å². The van der Waals surface area contributed by atoms with E-state index in [1.807, 2.05) is 12.4 Å². The Labute approximate surface area is 146 Å². The van der Waals surface area contributed by atoms with Crippen molar-refractivity contribution < 1.29 is 0 Å². The van der Waals surface area contributed by atoms with Crippen LogP contribution in [0.25, 0.3) is 11.1 Å². The van der Waals surface area contributed by atoms with Gasteiger partial charge in [-0.25, -0.2) is 0 Å². The predicted molar refractivity (Wildman–Crippen MR) is 106 cm³/mol. The molecular weight excluding hydrogens is 292 g/mol. The Hall–Kier alpha value is -2.22. The highest BCUT2D eigenvalue weighted by Gasteiger charge is 2.06. The first-order valence-corrected chi connectivity index (χ1v) is 8.76. The van der Waals surface area contributed by atoms with Gasteiger partial charge in [0.15, 0.2) is 0 Å². The molecule has 24 heavy (non-hydrogen) atoms. The minimum absolute atomic E-state index is 0.573. The summed E-state index contributed by atoms with van der Waals surface area (Å²) in [5.74, 6) is 1.15. The topological polar surface area (TPSA) is 24.7 Å². The zero-order valence-electron chi connectivity index (χ0n) is 15.2. The van der Waals surface area contributed by atoms with Crippen molar-refractivity contribution in [1.29, 1.82) is 0 Å². The lowest BCUT2D eigenvalue weighted by Crippen LogP contribution is -1.97. The average Bonchev–Trinajstić information content (AvgIpc) is 2.55. The molecule has 0 saturated heterocycles. The molecule has 0 bridgehead atoms. The van der Waals surface area contributed by atoms with Gasteiger partial charge in [0.1, 0.15) is 0 Å². The van der Waals surface area contributed by atoms with Crippen LogP contribution in [0.2, 0.25) is 0 Å². The second-order valence-corrected chi connectivity index (χ2v) is 6.95. The number of benzene rings is 2. The number of rotatable bonds is 7. The van der Waals surface area contributed by atoms with Crippen molar-refractivity contribution in [1.82, 2.24) is 0 Å². The van der Waals surface area contributed by atoms with Gasteiger partial charge in [0.25, 0.3) is 0 Å².